The molecule has 1 amide bonds. The second-order valence-electron chi connectivity index (χ2n) is 7.00. The summed E-state index contributed by atoms with van der Waals surface area (Å²) < 4.78 is 37.9. The third kappa shape index (κ3) is 5.13. The number of hydrogen-bond acceptors (Lipinski definition) is 3. The van der Waals surface area contributed by atoms with E-state index >= 15 is 0 Å². The third-order valence-electron chi connectivity index (χ3n) is 3.90. The number of nitrogens with zero attached hydrogens (tertiary/aromatic N) is 2. The summed E-state index contributed by atoms with van der Waals surface area (Å²) in [5.41, 5.74) is -0.756. The lowest BCUT2D eigenvalue weighted by molar-refractivity contribution is -0.141. The van der Waals surface area contributed by atoms with Gasteiger partial charge in [0.25, 0.3) is 5.91 Å². The van der Waals surface area contributed by atoms with E-state index in [2.05, 4.69) is 25.8 Å². The quantitative estimate of drug-likeness (QED) is 0.788. The number of rotatable bonds is 3. The van der Waals surface area contributed by atoms with Crippen molar-refractivity contribution in [2.75, 3.05) is 12.3 Å². The molecule has 0 aliphatic carbocycles. The van der Waals surface area contributed by atoms with Crippen LogP contribution in [0.3, 0.4) is 0 Å². The minimum Gasteiger partial charge on any atom is -0.335 e. The predicted molar refractivity (Wildman–Crippen MR) is 90.1 cm³/mol. The molecule has 0 bridgehead atoms. The Hall–Kier alpha value is -1.24. The summed E-state index contributed by atoms with van der Waals surface area (Å²) in [5, 5.41) is 0. The number of likely N-dealkylation sites (tertiary alicyclic amines) is 1. The van der Waals surface area contributed by atoms with Crippen LogP contribution in [0.1, 0.15) is 56.1 Å². The zero-order chi connectivity index (χ0) is 18.0. The number of pyridine rings is 1. The van der Waals surface area contributed by atoms with Crippen molar-refractivity contribution in [3.8, 4) is 0 Å². The SMILES string of the molecule is CC(C)(C)SC[C@H]1CCCCN1C(=O)c1ccc(C(F)(F)F)nc1. The van der Waals surface area contributed by atoms with Crippen LogP contribution in [0.15, 0.2) is 18.3 Å². The van der Waals surface area contributed by atoms with Gasteiger partial charge in [0.2, 0.25) is 0 Å². The molecule has 134 valence electrons. The van der Waals surface area contributed by atoms with E-state index in [0.717, 1.165) is 37.3 Å². The molecule has 1 aromatic rings. The van der Waals surface area contributed by atoms with Gasteiger partial charge in [-0.3, -0.25) is 9.78 Å². The van der Waals surface area contributed by atoms with Gasteiger partial charge in [-0.25, -0.2) is 0 Å². The number of halogens is 3. The zero-order valence-electron chi connectivity index (χ0n) is 14.2. The standard InChI is InChI=1S/C17H23F3N2OS/c1-16(2,3)24-11-13-6-4-5-9-22(13)15(23)12-7-8-14(21-10-12)17(18,19)20/h7-8,10,13H,4-6,9,11H2,1-3H3/t13-/m1/s1. The van der Waals surface area contributed by atoms with E-state index < -0.39 is 11.9 Å². The highest BCUT2D eigenvalue weighted by Gasteiger charge is 2.33. The smallest absolute Gasteiger partial charge is 0.335 e. The van der Waals surface area contributed by atoms with Gasteiger partial charge in [-0.15, -0.1) is 0 Å². The Morgan fingerprint density at radius 2 is 2.00 bits per heavy atom. The Kier molecular flexibility index (Phi) is 5.83. The third-order valence-corrected chi connectivity index (χ3v) is 5.32. The second kappa shape index (κ2) is 7.33. The molecule has 0 unspecified atom stereocenters. The van der Waals surface area contributed by atoms with E-state index in [1.165, 1.54) is 6.07 Å². The summed E-state index contributed by atoms with van der Waals surface area (Å²) in [5.74, 6) is 0.610. The summed E-state index contributed by atoms with van der Waals surface area (Å²) >= 11 is 1.80. The molecule has 0 radical (unpaired) electrons. The minimum absolute atomic E-state index is 0.113. The number of carbonyl (C=O) groups excluding carboxylic acids is 1. The minimum atomic E-state index is -4.49. The first-order valence-corrected chi connectivity index (χ1v) is 9.05. The lowest BCUT2D eigenvalue weighted by Gasteiger charge is -2.37. The summed E-state index contributed by atoms with van der Waals surface area (Å²) in [6, 6.07) is 2.22. The molecule has 7 heteroatoms. The van der Waals surface area contributed by atoms with Crippen LogP contribution in [0.5, 0.6) is 0 Å². The summed E-state index contributed by atoms with van der Waals surface area (Å²) in [4.78, 5) is 17.9. The second-order valence-corrected chi connectivity index (χ2v) is 8.85. The molecule has 0 saturated carbocycles. The zero-order valence-corrected chi connectivity index (χ0v) is 15.0. The fraction of sp³-hybridized carbons (Fsp3) is 0.647. The molecule has 1 aliphatic heterocycles. The maximum Gasteiger partial charge on any atom is 0.433 e. The van der Waals surface area contributed by atoms with Crippen LogP contribution < -0.4 is 0 Å². The fourth-order valence-electron chi connectivity index (χ4n) is 2.64. The number of amides is 1. The van der Waals surface area contributed by atoms with Gasteiger partial charge in [0, 0.05) is 29.3 Å². The Balaban J connectivity index is 2.10. The highest BCUT2D eigenvalue weighted by atomic mass is 32.2. The van der Waals surface area contributed by atoms with E-state index in [-0.39, 0.29) is 22.3 Å². The van der Waals surface area contributed by atoms with Crippen molar-refractivity contribution in [2.24, 2.45) is 0 Å². The lowest BCUT2D eigenvalue weighted by atomic mass is 10.0. The first-order valence-electron chi connectivity index (χ1n) is 8.06. The fourth-order valence-corrected chi connectivity index (χ4v) is 3.68. The average molecular weight is 360 g/mol. The Bertz CT molecular complexity index is 567. The van der Waals surface area contributed by atoms with Crippen LogP contribution in [0, 0.1) is 0 Å². The maximum absolute atomic E-state index is 12.7. The first-order chi connectivity index (χ1) is 11.1. The molecular formula is C17H23F3N2OS. The van der Waals surface area contributed by atoms with Crippen molar-refractivity contribution in [3.05, 3.63) is 29.6 Å². The lowest BCUT2D eigenvalue weighted by Crippen LogP contribution is -2.45. The van der Waals surface area contributed by atoms with Gasteiger partial charge in [-0.1, -0.05) is 20.8 Å². The van der Waals surface area contributed by atoms with Crippen molar-refractivity contribution in [3.63, 3.8) is 0 Å². The monoisotopic (exact) mass is 360 g/mol. The summed E-state index contributed by atoms with van der Waals surface area (Å²) in [6.45, 7) is 7.04. The molecule has 1 saturated heterocycles. The highest BCUT2D eigenvalue weighted by molar-refractivity contribution is 8.00. The van der Waals surface area contributed by atoms with Crippen molar-refractivity contribution in [2.45, 2.75) is 57.0 Å². The van der Waals surface area contributed by atoms with E-state index in [0.29, 0.717) is 6.54 Å². The van der Waals surface area contributed by atoms with Crippen LogP contribution in [-0.4, -0.2) is 38.9 Å². The van der Waals surface area contributed by atoms with Gasteiger partial charge in [-0.05, 0) is 31.4 Å². The van der Waals surface area contributed by atoms with E-state index in [4.69, 9.17) is 0 Å². The molecule has 0 aromatic carbocycles. The summed E-state index contributed by atoms with van der Waals surface area (Å²) in [6.07, 6.45) is -0.518. The Morgan fingerprint density at radius 1 is 1.29 bits per heavy atom. The van der Waals surface area contributed by atoms with Gasteiger partial charge in [-0.2, -0.15) is 24.9 Å². The van der Waals surface area contributed by atoms with Gasteiger partial charge < -0.3 is 4.90 Å². The number of piperidine rings is 1. The van der Waals surface area contributed by atoms with Gasteiger partial charge in [0.1, 0.15) is 5.69 Å². The van der Waals surface area contributed by atoms with Crippen LogP contribution >= 0.6 is 11.8 Å². The molecule has 1 aliphatic rings. The predicted octanol–water partition coefficient (Wildman–Crippen LogP) is 4.63. The van der Waals surface area contributed by atoms with Gasteiger partial charge in [0.05, 0.1) is 5.56 Å². The van der Waals surface area contributed by atoms with Crippen molar-refractivity contribution >= 4 is 17.7 Å². The molecule has 0 spiro atoms. The molecular weight excluding hydrogens is 337 g/mol. The number of alkyl halides is 3. The summed E-state index contributed by atoms with van der Waals surface area (Å²) in [7, 11) is 0. The average Bonchev–Trinajstić information content (AvgIpc) is 2.51. The largest absolute Gasteiger partial charge is 0.433 e. The van der Waals surface area contributed by atoms with E-state index in [1.807, 2.05) is 0 Å². The van der Waals surface area contributed by atoms with Crippen molar-refractivity contribution in [1.82, 2.24) is 9.88 Å². The van der Waals surface area contributed by atoms with Gasteiger partial charge >= 0.3 is 6.18 Å². The first kappa shape index (κ1) is 19.1. The maximum atomic E-state index is 12.7. The van der Waals surface area contributed by atoms with E-state index in [9.17, 15) is 18.0 Å². The molecule has 24 heavy (non-hydrogen) atoms. The molecule has 2 rings (SSSR count). The van der Waals surface area contributed by atoms with Crippen LogP contribution in [0.25, 0.3) is 0 Å². The molecule has 2 heterocycles. The van der Waals surface area contributed by atoms with E-state index in [1.54, 1.807) is 16.7 Å². The number of carbonyl (C=O) groups is 1. The van der Waals surface area contributed by atoms with Crippen molar-refractivity contribution < 1.29 is 18.0 Å². The van der Waals surface area contributed by atoms with Crippen LogP contribution in [0.4, 0.5) is 13.2 Å². The van der Waals surface area contributed by atoms with Crippen molar-refractivity contribution in [1.29, 1.82) is 0 Å². The molecule has 1 aromatic heterocycles. The molecule has 1 atom stereocenters. The number of thioether (sulfide) groups is 1. The Morgan fingerprint density at radius 3 is 2.54 bits per heavy atom. The number of hydrogen-bond donors (Lipinski definition) is 0. The molecule has 3 nitrogen and oxygen atoms in total. The Labute approximate surface area is 145 Å². The molecule has 0 N–H and O–H groups in total. The van der Waals surface area contributed by atoms with Gasteiger partial charge in [0.15, 0.2) is 0 Å². The highest BCUT2D eigenvalue weighted by Crippen LogP contribution is 2.30. The normalized spacial score (nSPS) is 19.4. The van der Waals surface area contributed by atoms with Crippen LogP contribution in [-0.2, 0) is 6.18 Å². The number of aromatic nitrogens is 1. The topological polar surface area (TPSA) is 33.2 Å². The molecule has 1 fully saturated rings. The van der Waals surface area contributed by atoms with Crippen LogP contribution in [0.2, 0.25) is 0 Å².